The molecule has 3 heteroatoms. The first-order valence-electron chi connectivity index (χ1n) is 7.12. The van der Waals surface area contributed by atoms with Gasteiger partial charge in [0.05, 0.1) is 6.61 Å². The monoisotopic (exact) mass is 273 g/mol. The van der Waals surface area contributed by atoms with Crippen molar-refractivity contribution in [1.29, 1.82) is 0 Å². The van der Waals surface area contributed by atoms with Gasteiger partial charge in [0.15, 0.2) is 0 Å². The molecule has 0 amide bonds. The topological polar surface area (TPSA) is 52.5 Å². The summed E-state index contributed by atoms with van der Waals surface area (Å²) in [5, 5.41) is 25.1. The van der Waals surface area contributed by atoms with Crippen molar-refractivity contribution in [2.24, 2.45) is 5.92 Å². The predicted molar refractivity (Wildman–Crippen MR) is 82.9 cm³/mol. The van der Waals surface area contributed by atoms with Gasteiger partial charge in [0.2, 0.25) is 0 Å². The van der Waals surface area contributed by atoms with Crippen molar-refractivity contribution in [3.8, 4) is 5.75 Å². The molecule has 2 aromatic carbocycles. The first-order chi connectivity index (χ1) is 9.54. The van der Waals surface area contributed by atoms with Crippen LogP contribution in [0.15, 0.2) is 36.4 Å². The van der Waals surface area contributed by atoms with Gasteiger partial charge in [-0.25, -0.2) is 0 Å². The summed E-state index contributed by atoms with van der Waals surface area (Å²) < 4.78 is 0. The fraction of sp³-hybridized carbons (Fsp3) is 0.412. The van der Waals surface area contributed by atoms with Gasteiger partial charge in [0, 0.05) is 23.0 Å². The highest BCUT2D eigenvalue weighted by Gasteiger charge is 2.18. The second-order valence-electron chi connectivity index (χ2n) is 5.65. The van der Waals surface area contributed by atoms with Crippen molar-refractivity contribution in [2.45, 2.75) is 32.9 Å². The van der Waals surface area contributed by atoms with E-state index in [1.807, 2.05) is 43.3 Å². The molecule has 0 radical (unpaired) electrons. The normalized spacial score (nSPS) is 14.7. The molecule has 0 aromatic heterocycles. The smallest absolute Gasteiger partial charge is 0.128 e. The molecule has 0 aliphatic rings. The summed E-state index contributed by atoms with van der Waals surface area (Å²) in [5.74, 6) is 0.661. The number of fused-ring (bicyclic) bond motifs is 1. The SMILES string of the molecule is CC(NC(CO)C(C)C)c1ccc2ccccc2c1O. The Kier molecular flexibility index (Phi) is 4.63. The number of aromatic hydroxyl groups is 1. The van der Waals surface area contributed by atoms with Crippen LogP contribution in [0.3, 0.4) is 0 Å². The lowest BCUT2D eigenvalue weighted by molar-refractivity contribution is 0.201. The summed E-state index contributed by atoms with van der Waals surface area (Å²) in [4.78, 5) is 0. The number of phenols is 1. The Labute approximate surface area is 120 Å². The maximum absolute atomic E-state index is 10.4. The lowest BCUT2D eigenvalue weighted by Gasteiger charge is -2.25. The third-order valence-corrected chi connectivity index (χ3v) is 3.86. The van der Waals surface area contributed by atoms with Crippen LogP contribution in [0.1, 0.15) is 32.4 Å². The molecule has 0 aliphatic carbocycles. The molecule has 2 atom stereocenters. The Morgan fingerprint density at radius 2 is 1.75 bits per heavy atom. The molecule has 0 aliphatic heterocycles. The molecule has 0 heterocycles. The van der Waals surface area contributed by atoms with Gasteiger partial charge in [-0.15, -0.1) is 0 Å². The summed E-state index contributed by atoms with van der Waals surface area (Å²) in [6.07, 6.45) is 0. The van der Waals surface area contributed by atoms with Crippen LogP contribution >= 0.6 is 0 Å². The summed E-state index contributed by atoms with van der Waals surface area (Å²) in [6.45, 7) is 6.24. The van der Waals surface area contributed by atoms with E-state index in [1.54, 1.807) is 0 Å². The highest BCUT2D eigenvalue weighted by atomic mass is 16.3. The number of hydrogen-bond acceptors (Lipinski definition) is 3. The first-order valence-corrected chi connectivity index (χ1v) is 7.12. The van der Waals surface area contributed by atoms with E-state index in [4.69, 9.17) is 0 Å². The van der Waals surface area contributed by atoms with Gasteiger partial charge in [-0.1, -0.05) is 50.2 Å². The van der Waals surface area contributed by atoms with Gasteiger partial charge in [-0.3, -0.25) is 0 Å². The van der Waals surface area contributed by atoms with E-state index in [2.05, 4.69) is 19.2 Å². The minimum Gasteiger partial charge on any atom is -0.507 e. The first kappa shape index (κ1) is 14.8. The highest BCUT2D eigenvalue weighted by molar-refractivity contribution is 5.89. The van der Waals surface area contributed by atoms with Crippen LogP contribution in [0.2, 0.25) is 0 Å². The lowest BCUT2D eigenvalue weighted by Crippen LogP contribution is -2.38. The third-order valence-electron chi connectivity index (χ3n) is 3.86. The molecule has 20 heavy (non-hydrogen) atoms. The Morgan fingerprint density at radius 1 is 1.05 bits per heavy atom. The standard InChI is InChI=1S/C17H23NO2/c1-11(2)16(10-19)18-12(3)14-9-8-13-6-4-5-7-15(13)17(14)20/h4-9,11-12,16,18-20H,10H2,1-3H3. The van der Waals surface area contributed by atoms with Crippen molar-refractivity contribution in [3.05, 3.63) is 42.0 Å². The molecule has 0 saturated carbocycles. The molecule has 3 nitrogen and oxygen atoms in total. The zero-order chi connectivity index (χ0) is 14.7. The Morgan fingerprint density at radius 3 is 2.40 bits per heavy atom. The third kappa shape index (κ3) is 2.94. The number of phenolic OH excluding ortho intramolecular Hbond substituents is 1. The van der Waals surface area contributed by atoms with E-state index < -0.39 is 0 Å². The average molecular weight is 273 g/mol. The molecule has 0 bridgehead atoms. The van der Waals surface area contributed by atoms with E-state index >= 15 is 0 Å². The van der Waals surface area contributed by atoms with Crippen LogP contribution in [-0.2, 0) is 0 Å². The van der Waals surface area contributed by atoms with Crippen LogP contribution < -0.4 is 5.32 Å². The number of hydrogen-bond donors (Lipinski definition) is 3. The molecule has 2 rings (SSSR count). The molecule has 0 saturated heterocycles. The van der Waals surface area contributed by atoms with Crippen molar-refractivity contribution in [2.75, 3.05) is 6.61 Å². The van der Waals surface area contributed by atoms with Crippen LogP contribution in [0.5, 0.6) is 5.75 Å². The number of nitrogens with one attached hydrogen (secondary N) is 1. The van der Waals surface area contributed by atoms with Gasteiger partial charge in [-0.05, 0) is 18.2 Å². The number of aliphatic hydroxyl groups excluding tert-OH is 1. The van der Waals surface area contributed by atoms with Crippen molar-refractivity contribution in [1.82, 2.24) is 5.32 Å². The second kappa shape index (κ2) is 6.25. The summed E-state index contributed by atoms with van der Waals surface area (Å²) in [6, 6.07) is 11.8. The zero-order valence-corrected chi connectivity index (χ0v) is 12.3. The van der Waals surface area contributed by atoms with Crippen LogP contribution in [0.4, 0.5) is 0 Å². The molecule has 2 unspecified atom stereocenters. The van der Waals surface area contributed by atoms with Gasteiger partial charge < -0.3 is 15.5 Å². The highest BCUT2D eigenvalue weighted by Crippen LogP contribution is 2.32. The quantitative estimate of drug-likeness (QED) is 0.784. The predicted octanol–water partition coefficient (Wildman–Crippen LogP) is 3.21. The van der Waals surface area contributed by atoms with Gasteiger partial charge in [0.25, 0.3) is 0 Å². The molecule has 2 aromatic rings. The maximum atomic E-state index is 10.4. The van der Waals surface area contributed by atoms with Gasteiger partial charge in [0.1, 0.15) is 5.75 Å². The van der Waals surface area contributed by atoms with Crippen molar-refractivity contribution >= 4 is 10.8 Å². The van der Waals surface area contributed by atoms with Crippen LogP contribution in [-0.4, -0.2) is 22.9 Å². The molecule has 0 fully saturated rings. The lowest BCUT2D eigenvalue weighted by atomic mass is 9.98. The minimum atomic E-state index is -0.0147. The largest absolute Gasteiger partial charge is 0.507 e. The van der Waals surface area contributed by atoms with E-state index in [1.165, 1.54) is 0 Å². The molecule has 0 spiro atoms. The molecular formula is C17H23NO2. The summed E-state index contributed by atoms with van der Waals surface area (Å²) in [5.41, 5.74) is 0.864. The zero-order valence-electron chi connectivity index (χ0n) is 12.3. The van der Waals surface area contributed by atoms with E-state index in [0.717, 1.165) is 16.3 Å². The minimum absolute atomic E-state index is 0.0147. The van der Waals surface area contributed by atoms with Gasteiger partial charge >= 0.3 is 0 Å². The molecule has 108 valence electrons. The maximum Gasteiger partial charge on any atom is 0.128 e. The molecule has 3 N–H and O–H groups in total. The van der Waals surface area contributed by atoms with Crippen LogP contribution in [0.25, 0.3) is 10.8 Å². The number of aliphatic hydroxyl groups is 1. The second-order valence-corrected chi connectivity index (χ2v) is 5.65. The number of benzene rings is 2. The van der Waals surface area contributed by atoms with E-state index in [-0.39, 0.29) is 18.7 Å². The Bertz CT molecular complexity index is 580. The van der Waals surface area contributed by atoms with E-state index in [9.17, 15) is 10.2 Å². The fourth-order valence-electron chi connectivity index (χ4n) is 2.49. The van der Waals surface area contributed by atoms with Crippen molar-refractivity contribution < 1.29 is 10.2 Å². The Hall–Kier alpha value is -1.58. The molecular weight excluding hydrogens is 250 g/mol. The summed E-state index contributed by atoms with van der Waals surface area (Å²) in [7, 11) is 0. The average Bonchev–Trinajstić information content (AvgIpc) is 2.44. The van der Waals surface area contributed by atoms with Crippen molar-refractivity contribution in [3.63, 3.8) is 0 Å². The fourth-order valence-corrected chi connectivity index (χ4v) is 2.49. The summed E-state index contributed by atoms with van der Waals surface area (Å²) >= 11 is 0. The van der Waals surface area contributed by atoms with Gasteiger partial charge in [-0.2, -0.15) is 0 Å². The Balaban J connectivity index is 2.30. The van der Waals surface area contributed by atoms with Crippen LogP contribution in [0, 0.1) is 5.92 Å². The van der Waals surface area contributed by atoms with E-state index in [0.29, 0.717) is 11.7 Å². The number of rotatable bonds is 5.